The van der Waals surface area contributed by atoms with E-state index < -0.39 is 10.0 Å². The Morgan fingerprint density at radius 3 is 2.56 bits per heavy atom. The minimum absolute atomic E-state index is 0.0762. The van der Waals surface area contributed by atoms with Crippen LogP contribution in [-0.4, -0.2) is 8.42 Å². The second-order valence-corrected chi connectivity index (χ2v) is 10.7. The molecule has 6 heteroatoms. The second kappa shape index (κ2) is 7.98. The van der Waals surface area contributed by atoms with Gasteiger partial charge in [-0.1, -0.05) is 48.0 Å². The number of fused-ring (bicyclic) bond motifs is 3. The lowest BCUT2D eigenvalue weighted by Crippen LogP contribution is -2.29. The zero-order valence-electron chi connectivity index (χ0n) is 18.0. The van der Waals surface area contributed by atoms with Crippen LogP contribution in [0, 0.1) is 19.8 Å². The minimum Gasteiger partial charge on any atom is -0.378 e. The molecule has 4 nitrogen and oxygen atoms in total. The number of halogens is 1. The van der Waals surface area contributed by atoms with Crippen molar-refractivity contribution in [2.75, 3.05) is 10.0 Å². The van der Waals surface area contributed by atoms with Crippen LogP contribution in [0.2, 0.25) is 5.02 Å². The molecule has 0 radical (unpaired) electrons. The summed E-state index contributed by atoms with van der Waals surface area (Å²) >= 11 is 6.51. The lowest BCUT2D eigenvalue weighted by Gasteiger charge is -2.38. The van der Waals surface area contributed by atoms with E-state index in [-0.39, 0.29) is 22.8 Å². The predicted octanol–water partition coefficient (Wildman–Crippen LogP) is 6.58. The summed E-state index contributed by atoms with van der Waals surface area (Å²) in [6, 6.07) is 18.9. The van der Waals surface area contributed by atoms with Gasteiger partial charge in [0.15, 0.2) is 0 Å². The average molecular weight is 465 g/mol. The van der Waals surface area contributed by atoms with Gasteiger partial charge in [-0.05, 0) is 84.8 Å². The molecule has 1 aliphatic carbocycles. The van der Waals surface area contributed by atoms with E-state index in [4.69, 9.17) is 11.6 Å². The molecule has 3 atom stereocenters. The highest BCUT2D eigenvalue weighted by molar-refractivity contribution is 7.92. The maximum atomic E-state index is 13.1. The Labute approximate surface area is 194 Å². The Balaban J connectivity index is 1.49. The smallest absolute Gasteiger partial charge is 0.261 e. The van der Waals surface area contributed by atoms with E-state index in [1.165, 1.54) is 0 Å². The van der Waals surface area contributed by atoms with Gasteiger partial charge in [-0.2, -0.15) is 0 Å². The maximum absolute atomic E-state index is 13.1. The van der Waals surface area contributed by atoms with Crippen LogP contribution in [0.25, 0.3) is 0 Å². The summed E-state index contributed by atoms with van der Waals surface area (Å²) < 4.78 is 29.0. The predicted molar refractivity (Wildman–Crippen MR) is 131 cm³/mol. The Morgan fingerprint density at radius 1 is 0.969 bits per heavy atom. The van der Waals surface area contributed by atoms with E-state index in [9.17, 15) is 8.42 Å². The molecule has 0 saturated heterocycles. The summed E-state index contributed by atoms with van der Waals surface area (Å²) in [7, 11) is -3.70. The van der Waals surface area contributed by atoms with Crippen LogP contribution < -0.4 is 10.0 Å². The minimum atomic E-state index is -3.70. The zero-order valence-corrected chi connectivity index (χ0v) is 19.5. The molecule has 0 fully saturated rings. The van der Waals surface area contributed by atoms with E-state index in [0.29, 0.717) is 5.69 Å². The molecule has 2 N–H and O–H groups in total. The van der Waals surface area contributed by atoms with E-state index in [1.54, 1.807) is 12.1 Å². The number of benzene rings is 3. The third-order valence-electron chi connectivity index (χ3n) is 6.64. The number of anilines is 2. The summed E-state index contributed by atoms with van der Waals surface area (Å²) in [4.78, 5) is 0.270. The van der Waals surface area contributed by atoms with Gasteiger partial charge < -0.3 is 5.32 Å². The van der Waals surface area contributed by atoms with Gasteiger partial charge in [-0.3, -0.25) is 4.72 Å². The molecule has 0 unspecified atom stereocenters. The SMILES string of the molecule is Cc1ccc(NS(=O)(=O)c2ccc3c(c2)[C@@H]2C=CC[C@@H]2[C@H](c2ccccc2Cl)N3)cc1C. The van der Waals surface area contributed by atoms with Crippen LogP contribution >= 0.6 is 11.6 Å². The summed E-state index contributed by atoms with van der Waals surface area (Å²) in [6.07, 6.45) is 5.30. The van der Waals surface area contributed by atoms with Crippen LogP contribution in [0.15, 0.2) is 77.7 Å². The highest BCUT2D eigenvalue weighted by Crippen LogP contribution is 2.51. The first-order valence-electron chi connectivity index (χ1n) is 10.7. The molecule has 3 aromatic rings. The molecule has 0 amide bonds. The van der Waals surface area contributed by atoms with E-state index in [0.717, 1.165) is 39.4 Å². The van der Waals surface area contributed by atoms with Gasteiger partial charge in [-0.25, -0.2) is 8.42 Å². The van der Waals surface area contributed by atoms with Gasteiger partial charge in [0.1, 0.15) is 0 Å². The van der Waals surface area contributed by atoms with Gasteiger partial charge in [0.2, 0.25) is 0 Å². The number of hydrogen-bond acceptors (Lipinski definition) is 3. The summed E-state index contributed by atoms with van der Waals surface area (Å²) in [5.74, 6) is 0.428. The van der Waals surface area contributed by atoms with Crippen LogP contribution in [0.5, 0.6) is 0 Å². The van der Waals surface area contributed by atoms with E-state index in [1.807, 2.05) is 56.3 Å². The fourth-order valence-corrected chi connectivity index (χ4v) is 6.13. The molecule has 0 saturated carbocycles. The van der Waals surface area contributed by atoms with Gasteiger partial charge in [-0.15, -0.1) is 0 Å². The first-order chi connectivity index (χ1) is 15.3. The molecule has 0 bridgehead atoms. The quantitative estimate of drug-likeness (QED) is 0.428. The number of rotatable bonds is 4. The Hall–Kier alpha value is -2.76. The Kier molecular flexibility index (Phi) is 5.26. The molecule has 164 valence electrons. The van der Waals surface area contributed by atoms with Crippen LogP contribution in [0.4, 0.5) is 11.4 Å². The van der Waals surface area contributed by atoms with Gasteiger partial charge in [0, 0.05) is 22.3 Å². The molecular weight excluding hydrogens is 440 g/mol. The maximum Gasteiger partial charge on any atom is 0.261 e. The van der Waals surface area contributed by atoms with Crippen LogP contribution in [-0.2, 0) is 10.0 Å². The Morgan fingerprint density at radius 2 is 1.78 bits per heavy atom. The fourth-order valence-electron chi connectivity index (χ4n) is 4.79. The van der Waals surface area contributed by atoms with Crippen molar-refractivity contribution in [2.24, 2.45) is 5.92 Å². The third kappa shape index (κ3) is 3.70. The van der Waals surface area contributed by atoms with Gasteiger partial charge >= 0.3 is 0 Å². The average Bonchev–Trinajstić information content (AvgIpc) is 3.26. The van der Waals surface area contributed by atoms with Crippen molar-refractivity contribution in [3.05, 3.63) is 100 Å². The zero-order chi connectivity index (χ0) is 22.5. The Bertz CT molecular complexity index is 1330. The molecule has 5 rings (SSSR count). The highest BCUT2D eigenvalue weighted by atomic mass is 35.5. The topological polar surface area (TPSA) is 58.2 Å². The molecule has 0 spiro atoms. The van der Waals surface area contributed by atoms with Crippen molar-refractivity contribution in [3.63, 3.8) is 0 Å². The molecule has 1 heterocycles. The summed E-state index contributed by atoms with van der Waals surface area (Å²) in [5.41, 5.74) is 5.78. The van der Waals surface area contributed by atoms with Crippen molar-refractivity contribution in [1.29, 1.82) is 0 Å². The van der Waals surface area contributed by atoms with Gasteiger partial charge in [0.05, 0.1) is 10.9 Å². The summed E-state index contributed by atoms with van der Waals surface area (Å²) in [5, 5.41) is 4.37. The normalized spacial score (nSPS) is 21.5. The fraction of sp³-hybridized carbons (Fsp3) is 0.231. The molecule has 3 aromatic carbocycles. The second-order valence-electron chi connectivity index (χ2n) is 8.65. The van der Waals surface area contributed by atoms with Crippen molar-refractivity contribution < 1.29 is 8.42 Å². The monoisotopic (exact) mass is 464 g/mol. The number of aryl methyl sites for hydroxylation is 2. The van der Waals surface area contributed by atoms with Crippen molar-refractivity contribution >= 4 is 33.0 Å². The third-order valence-corrected chi connectivity index (χ3v) is 8.37. The standard InChI is InChI=1S/C26H25ClN2O2S/c1-16-10-11-18(14-17(16)2)29-32(30,31)19-12-13-25-23(15-19)20-7-5-8-21(20)26(28-25)22-6-3-4-9-24(22)27/h3-7,9-15,20-21,26,28-29H,8H2,1-2H3/t20-,21+,26-/m1/s1. The van der Waals surface area contributed by atoms with Crippen LogP contribution in [0.3, 0.4) is 0 Å². The molecule has 2 aliphatic rings. The molecular formula is C26H25ClN2O2S. The largest absolute Gasteiger partial charge is 0.378 e. The van der Waals surface area contributed by atoms with E-state index >= 15 is 0 Å². The molecule has 1 aliphatic heterocycles. The van der Waals surface area contributed by atoms with Crippen LogP contribution in [0.1, 0.15) is 40.6 Å². The first kappa shape index (κ1) is 21.1. The number of nitrogens with one attached hydrogen (secondary N) is 2. The number of hydrogen-bond donors (Lipinski definition) is 2. The first-order valence-corrected chi connectivity index (χ1v) is 12.6. The van der Waals surface area contributed by atoms with E-state index in [2.05, 4.69) is 28.3 Å². The molecule has 0 aromatic heterocycles. The summed E-state index contributed by atoms with van der Waals surface area (Å²) in [6.45, 7) is 3.98. The highest BCUT2D eigenvalue weighted by Gasteiger charge is 2.39. The van der Waals surface area contributed by atoms with Crippen molar-refractivity contribution in [1.82, 2.24) is 0 Å². The lowest BCUT2D eigenvalue weighted by atomic mass is 9.77. The lowest BCUT2D eigenvalue weighted by molar-refractivity contribution is 0.425. The molecule has 32 heavy (non-hydrogen) atoms. The van der Waals surface area contributed by atoms with Crippen molar-refractivity contribution in [3.8, 4) is 0 Å². The number of allylic oxidation sites excluding steroid dienone is 2. The van der Waals surface area contributed by atoms with Gasteiger partial charge in [0.25, 0.3) is 10.0 Å². The van der Waals surface area contributed by atoms with Crippen molar-refractivity contribution in [2.45, 2.75) is 37.1 Å². The number of sulfonamides is 1.